The van der Waals surface area contributed by atoms with Gasteiger partial charge < -0.3 is 9.80 Å². The minimum atomic E-state index is -0.426. The predicted molar refractivity (Wildman–Crippen MR) is 84.4 cm³/mol. The van der Waals surface area contributed by atoms with E-state index in [4.69, 9.17) is 0 Å². The molecule has 0 bridgehead atoms. The van der Waals surface area contributed by atoms with Crippen LogP contribution in [-0.2, 0) is 0 Å². The van der Waals surface area contributed by atoms with E-state index in [-0.39, 0.29) is 11.5 Å². The number of benzene rings is 1. The van der Waals surface area contributed by atoms with E-state index >= 15 is 0 Å². The van der Waals surface area contributed by atoms with Crippen molar-refractivity contribution in [1.82, 2.24) is 14.7 Å². The van der Waals surface area contributed by atoms with Crippen LogP contribution in [0.25, 0.3) is 0 Å². The third-order valence-corrected chi connectivity index (χ3v) is 4.91. The highest BCUT2D eigenvalue weighted by Crippen LogP contribution is 2.18. The van der Waals surface area contributed by atoms with E-state index in [0.29, 0.717) is 19.1 Å². The number of likely N-dealkylation sites (tertiary alicyclic amines) is 1. The Bertz CT molecular complexity index is 520. The van der Waals surface area contributed by atoms with Crippen LogP contribution < -0.4 is 0 Å². The average molecular weight is 305 g/mol. The summed E-state index contributed by atoms with van der Waals surface area (Å²) in [6.07, 6.45) is 2.41. The van der Waals surface area contributed by atoms with Crippen molar-refractivity contribution in [3.05, 3.63) is 35.6 Å². The first kappa shape index (κ1) is 15.4. The molecule has 2 saturated heterocycles. The quantitative estimate of drug-likeness (QED) is 0.832. The van der Waals surface area contributed by atoms with Crippen LogP contribution in [0.15, 0.2) is 24.3 Å². The summed E-state index contributed by atoms with van der Waals surface area (Å²) in [5, 5.41) is 0. The van der Waals surface area contributed by atoms with E-state index in [0.717, 1.165) is 26.2 Å². The standard InChI is InChI=1S/C17H24FN3O/c1-19-8-6-14(7-9-19)20-10-12-21(13-11-20)17(22)15-4-2-3-5-16(15)18/h2-5,14H,6-13H2,1H3. The van der Waals surface area contributed by atoms with Crippen molar-refractivity contribution >= 4 is 5.91 Å². The molecule has 0 spiro atoms. The van der Waals surface area contributed by atoms with Gasteiger partial charge in [-0.15, -0.1) is 0 Å². The van der Waals surface area contributed by atoms with Crippen LogP contribution in [0.4, 0.5) is 4.39 Å². The molecule has 3 rings (SSSR count). The lowest BCUT2D eigenvalue weighted by Crippen LogP contribution is -2.54. The average Bonchev–Trinajstić information content (AvgIpc) is 2.56. The van der Waals surface area contributed by atoms with Crippen molar-refractivity contribution in [3.8, 4) is 0 Å². The Balaban J connectivity index is 1.55. The van der Waals surface area contributed by atoms with Crippen LogP contribution >= 0.6 is 0 Å². The third kappa shape index (κ3) is 3.31. The Labute approximate surface area is 131 Å². The van der Waals surface area contributed by atoms with E-state index in [1.165, 1.54) is 18.9 Å². The fourth-order valence-electron chi connectivity index (χ4n) is 3.46. The SMILES string of the molecule is CN1CCC(N2CCN(C(=O)c3ccccc3F)CC2)CC1. The van der Waals surface area contributed by atoms with Gasteiger partial charge in [-0.1, -0.05) is 12.1 Å². The molecule has 1 amide bonds. The van der Waals surface area contributed by atoms with Crippen LogP contribution in [0.2, 0.25) is 0 Å². The van der Waals surface area contributed by atoms with Gasteiger partial charge in [-0.25, -0.2) is 4.39 Å². The second-order valence-electron chi connectivity index (χ2n) is 6.34. The van der Waals surface area contributed by atoms with Gasteiger partial charge in [-0.2, -0.15) is 0 Å². The molecule has 2 aliphatic rings. The van der Waals surface area contributed by atoms with Gasteiger partial charge in [0, 0.05) is 32.2 Å². The lowest BCUT2D eigenvalue weighted by molar-refractivity contribution is 0.0472. The van der Waals surface area contributed by atoms with E-state index in [1.54, 1.807) is 23.1 Å². The lowest BCUT2D eigenvalue weighted by Gasteiger charge is -2.42. The van der Waals surface area contributed by atoms with Gasteiger partial charge in [0.15, 0.2) is 0 Å². The molecule has 0 N–H and O–H groups in total. The smallest absolute Gasteiger partial charge is 0.256 e. The minimum Gasteiger partial charge on any atom is -0.336 e. The first-order chi connectivity index (χ1) is 10.6. The summed E-state index contributed by atoms with van der Waals surface area (Å²) < 4.78 is 13.7. The number of hydrogen-bond acceptors (Lipinski definition) is 3. The highest BCUT2D eigenvalue weighted by molar-refractivity contribution is 5.94. The summed E-state index contributed by atoms with van der Waals surface area (Å²) in [5.41, 5.74) is 0.190. The molecule has 5 heteroatoms. The Morgan fingerprint density at radius 3 is 2.32 bits per heavy atom. The van der Waals surface area contributed by atoms with Crippen molar-refractivity contribution in [3.63, 3.8) is 0 Å². The van der Waals surface area contributed by atoms with E-state index in [1.807, 2.05) is 0 Å². The van der Waals surface area contributed by atoms with Crippen molar-refractivity contribution < 1.29 is 9.18 Å². The first-order valence-electron chi connectivity index (χ1n) is 8.11. The topological polar surface area (TPSA) is 26.8 Å². The number of amides is 1. The fraction of sp³-hybridized carbons (Fsp3) is 0.588. The van der Waals surface area contributed by atoms with Gasteiger partial charge in [0.05, 0.1) is 5.56 Å². The van der Waals surface area contributed by atoms with Gasteiger partial charge >= 0.3 is 0 Å². The molecular formula is C17H24FN3O. The van der Waals surface area contributed by atoms with Crippen molar-refractivity contribution in [2.45, 2.75) is 18.9 Å². The molecular weight excluding hydrogens is 281 g/mol. The number of piperidine rings is 1. The predicted octanol–water partition coefficient (Wildman–Crippen LogP) is 1.68. The molecule has 1 aromatic rings. The van der Waals surface area contributed by atoms with Crippen molar-refractivity contribution in [2.24, 2.45) is 0 Å². The molecule has 1 aromatic carbocycles. The zero-order valence-corrected chi connectivity index (χ0v) is 13.2. The Kier molecular flexibility index (Phi) is 4.74. The molecule has 0 unspecified atom stereocenters. The van der Waals surface area contributed by atoms with Crippen LogP contribution in [0.1, 0.15) is 23.2 Å². The van der Waals surface area contributed by atoms with Gasteiger partial charge in [-0.3, -0.25) is 9.69 Å². The zero-order chi connectivity index (χ0) is 15.5. The number of halogens is 1. The number of nitrogens with zero attached hydrogens (tertiary/aromatic N) is 3. The molecule has 0 aromatic heterocycles. The van der Waals surface area contributed by atoms with E-state index in [9.17, 15) is 9.18 Å². The van der Waals surface area contributed by atoms with Crippen molar-refractivity contribution in [2.75, 3.05) is 46.3 Å². The maximum absolute atomic E-state index is 13.7. The van der Waals surface area contributed by atoms with Gasteiger partial charge in [0.2, 0.25) is 0 Å². The summed E-state index contributed by atoms with van der Waals surface area (Å²) in [6, 6.07) is 6.89. The third-order valence-electron chi connectivity index (χ3n) is 4.91. The highest BCUT2D eigenvalue weighted by atomic mass is 19.1. The first-order valence-corrected chi connectivity index (χ1v) is 8.11. The largest absolute Gasteiger partial charge is 0.336 e. The molecule has 4 nitrogen and oxygen atoms in total. The molecule has 0 atom stereocenters. The van der Waals surface area contributed by atoms with Crippen LogP contribution in [0.3, 0.4) is 0 Å². The number of hydrogen-bond donors (Lipinski definition) is 0. The normalized spacial score (nSPS) is 22.0. The Morgan fingerprint density at radius 1 is 1.05 bits per heavy atom. The fourth-order valence-corrected chi connectivity index (χ4v) is 3.46. The molecule has 0 saturated carbocycles. The summed E-state index contributed by atoms with van der Waals surface area (Å²) in [7, 11) is 2.17. The summed E-state index contributed by atoms with van der Waals surface area (Å²) in [6.45, 7) is 5.49. The minimum absolute atomic E-state index is 0.180. The molecule has 2 heterocycles. The van der Waals surface area contributed by atoms with Gasteiger partial charge in [0.1, 0.15) is 5.82 Å². The van der Waals surface area contributed by atoms with Crippen molar-refractivity contribution in [1.29, 1.82) is 0 Å². The van der Waals surface area contributed by atoms with E-state index < -0.39 is 5.82 Å². The number of carbonyl (C=O) groups is 1. The highest BCUT2D eigenvalue weighted by Gasteiger charge is 2.29. The molecule has 2 aliphatic heterocycles. The summed E-state index contributed by atoms with van der Waals surface area (Å²) >= 11 is 0. The molecule has 2 fully saturated rings. The number of piperazine rings is 1. The Morgan fingerprint density at radius 2 is 1.68 bits per heavy atom. The molecule has 22 heavy (non-hydrogen) atoms. The van der Waals surface area contributed by atoms with Crippen LogP contribution in [-0.4, -0.2) is 73.0 Å². The van der Waals surface area contributed by atoms with Crippen LogP contribution in [0, 0.1) is 5.82 Å². The number of rotatable bonds is 2. The van der Waals surface area contributed by atoms with E-state index in [2.05, 4.69) is 16.8 Å². The number of carbonyl (C=O) groups excluding carboxylic acids is 1. The van der Waals surface area contributed by atoms with Gasteiger partial charge in [0.25, 0.3) is 5.91 Å². The second kappa shape index (κ2) is 6.75. The molecule has 120 valence electrons. The molecule has 0 radical (unpaired) electrons. The zero-order valence-electron chi connectivity index (χ0n) is 13.2. The van der Waals surface area contributed by atoms with Gasteiger partial charge in [-0.05, 0) is 45.1 Å². The van der Waals surface area contributed by atoms with Crippen LogP contribution in [0.5, 0.6) is 0 Å². The summed E-state index contributed by atoms with van der Waals surface area (Å²) in [5.74, 6) is -0.605. The lowest BCUT2D eigenvalue weighted by atomic mass is 10.0. The maximum atomic E-state index is 13.7. The Hall–Kier alpha value is -1.46. The maximum Gasteiger partial charge on any atom is 0.256 e. The molecule has 0 aliphatic carbocycles. The summed E-state index contributed by atoms with van der Waals surface area (Å²) in [4.78, 5) is 19.1. The second-order valence-corrected chi connectivity index (χ2v) is 6.34. The monoisotopic (exact) mass is 305 g/mol.